The topological polar surface area (TPSA) is 84.2 Å². The van der Waals surface area contributed by atoms with Gasteiger partial charge in [-0.2, -0.15) is 0 Å². The highest BCUT2D eigenvalue weighted by Crippen LogP contribution is 2.15. The van der Waals surface area contributed by atoms with Gasteiger partial charge in [0.05, 0.1) is 0 Å². The van der Waals surface area contributed by atoms with E-state index < -0.39 is 6.04 Å². The normalized spacial score (nSPS) is 12.0. The van der Waals surface area contributed by atoms with E-state index in [0.717, 1.165) is 32.1 Å². The lowest BCUT2D eigenvalue weighted by Crippen LogP contribution is -2.47. The van der Waals surface area contributed by atoms with Crippen molar-refractivity contribution in [2.75, 3.05) is 13.1 Å². The van der Waals surface area contributed by atoms with Crippen molar-refractivity contribution in [3.05, 3.63) is 0 Å². The van der Waals surface area contributed by atoms with Crippen LogP contribution in [0.15, 0.2) is 0 Å². The van der Waals surface area contributed by atoms with E-state index in [1.54, 1.807) is 0 Å². The molecule has 0 saturated heterocycles. The summed E-state index contributed by atoms with van der Waals surface area (Å²) in [6, 6.07) is -0.424. The molecule has 45 heavy (non-hydrogen) atoms. The summed E-state index contributed by atoms with van der Waals surface area (Å²) >= 11 is 0. The van der Waals surface area contributed by atoms with Gasteiger partial charge < -0.3 is 16.4 Å². The Morgan fingerprint density at radius 1 is 0.467 bits per heavy atom. The third-order valence-electron chi connectivity index (χ3n) is 9.44. The highest BCUT2D eigenvalue weighted by Gasteiger charge is 2.19. The van der Waals surface area contributed by atoms with E-state index in [9.17, 15) is 9.59 Å². The van der Waals surface area contributed by atoms with Crippen molar-refractivity contribution in [3.8, 4) is 0 Å². The molecule has 0 aromatic rings. The van der Waals surface area contributed by atoms with Crippen LogP contribution < -0.4 is 16.4 Å². The van der Waals surface area contributed by atoms with Crippen LogP contribution in [0.5, 0.6) is 0 Å². The highest BCUT2D eigenvalue weighted by molar-refractivity contribution is 5.87. The fraction of sp³-hybridized carbons (Fsp3) is 0.950. The average Bonchev–Trinajstić information content (AvgIpc) is 3.04. The first-order valence-corrected chi connectivity index (χ1v) is 20.4. The fourth-order valence-electron chi connectivity index (χ4n) is 6.34. The molecule has 5 heteroatoms. The summed E-state index contributed by atoms with van der Waals surface area (Å²) in [4.78, 5) is 25.4. The van der Waals surface area contributed by atoms with Crippen LogP contribution in [0.25, 0.3) is 0 Å². The molecule has 0 aromatic heterocycles. The van der Waals surface area contributed by atoms with E-state index in [4.69, 9.17) is 5.73 Å². The molecule has 2 amide bonds. The molecule has 268 valence electrons. The van der Waals surface area contributed by atoms with E-state index in [1.165, 1.54) is 167 Å². The maximum atomic E-state index is 12.8. The molecular formula is C40H81N3O2. The van der Waals surface area contributed by atoms with Crippen molar-refractivity contribution < 1.29 is 9.59 Å². The fourth-order valence-corrected chi connectivity index (χ4v) is 6.34. The van der Waals surface area contributed by atoms with E-state index in [1.807, 2.05) is 0 Å². The van der Waals surface area contributed by atoms with E-state index in [2.05, 4.69) is 24.5 Å². The van der Waals surface area contributed by atoms with Gasteiger partial charge in [0.25, 0.3) is 0 Å². The third kappa shape index (κ3) is 34.1. The molecule has 0 aliphatic heterocycles. The molecule has 1 atom stereocenters. The summed E-state index contributed by atoms with van der Waals surface area (Å²) < 4.78 is 0. The predicted octanol–water partition coefficient (Wildman–Crippen LogP) is 11.5. The molecule has 0 aliphatic rings. The maximum absolute atomic E-state index is 12.8. The summed E-state index contributed by atoms with van der Waals surface area (Å²) in [7, 11) is 0. The lowest BCUT2D eigenvalue weighted by atomic mass is 10.0. The number of amides is 2. The zero-order chi connectivity index (χ0) is 32.9. The van der Waals surface area contributed by atoms with Crippen molar-refractivity contribution in [2.24, 2.45) is 5.73 Å². The number of hydrogen-bond donors (Lipinski definition) is 3. The minimum absolute atomic E-state index is 0.0220. The van der Waals surface area contributed by atoms with Gasteiger partial charge in [-0.3, -0.25) is 9.59 Å². The predicted molar refractivity (Wildman–Crippen MR) is 198 cm³/mol. The summed E-state index contributed by atoms with van der Waals surface area (Å²) in [5, 5.41) is 6.12. The minimum atomic E-state index is -0.424. The lowest BCUT2D eigenvalue weighted by Gasteiger charge is -2.18. The Morgan fingerprint density at radius 2 is 0.822 bits per heavy atom. The Kier molecular flexibility index (Phi) is 36.4. The first kappa shape index (κ1) is 43.9. The van der Waals surface area contributed by atoms with Crippen LogP contribution in [0.3, 0.4) is 0 Å². The molecule has 0 heterocycles. The van der Waals surface area contributed by atoms with Crippen LogP contribution >= 0.6 is 0 Å². The number of carbonyl (C=O) groups excluding carboxylic acids is 2. The number of unbranched alkanes of at least 4 members (excludes halogenated alkanes) is 28. The SMILES string of the molecule is CCCCCCCCCCCCCCCCCCCCCC(=O)NC(CCCCN)C(=O)NCCCCCCCCCCCC. The first-order chi connectivity index (χ1) is 22.2. The van der Waals surface area contributed by atoms with Crippen LogP contribution in [0.4, 0.5) is 0 Å². The van der Waals surface area contributed by atoms with Gasteiger partial charge in [-0.25, -0.2) is 0 Å². The van der Waals surface area contributed by atoms with Gasteiger partial charge in [0.15, 0.2) is 0 Å². The maximum Gasteiger partial charge on any atom is 0.242 e. The van der Waals surface area contributed by atoms with Gasteiger partial charge in [0.2, 0.25) is 11.8 Å². The Labute approximate surface area is 282 Å². The molecule has 0 rings (SSSR count). The standard InChI is InChI=1S/C40H81N3O2/c1-3-5-7-9-11-13-15-16-17-18-19-20-21-22-23-24-26-28-30-35-39(44)43-38(34-31-32-36-41)40(45)42-37-33-29-27-25-14-12-10-8-6-4-2/h38H,3-37,41H2,1-2H3,(H,42,45)(H,43,44). The summed E-state index contributed by atoms with van der Waals surface area (Å²) in [5.41, 5.74) is 5.67. The molecule has 0 fully saturated rings. The molecule has 0 bridgehead atoms. The van der Waals surface area contributed by atoms with Gasteiger partial charge >= 0.3 is 0 Å². The number of nitrogens with two attached hydrogens (primary N) is 1. The zero-order valence-corrected chi connectivity index (χ0v) is 30.7. The van der Waals surface area contributed by atoms with Crippen LogP contribution in [0.1, 0.15) is 226 Å². The number of rotatable bonds is 37. The summed E-state index contributed by atoms with van der Waals surface area (Å²) in [6.45, 7) is 5.88. The smallest absolute Gasteiger partial charge is 0.242 e. The van der Waals surface area contributed by atoms with Gasteiger partial charge in [0, 0.05) is 13.0 Å². The van der Waals surface area contributed by atoms with E-state index in [0.29, 0.717) is 25.9 Å². The number of hydrogen-bond acceptors (Lipinski definition) is 3. The molecule has 4 N–H and O–H groups in total. The second-order valence-corrected chi connectivity index (χ2v) is 14.0. The van der Waals surface area contributed by atoms with Crippen LogP contribution in [0.2, 0.25) is 0 Å². The van der Waals surface area contributed by atoms with Crippen LogP contribution in [-0.4, -0.2) is 30.9 Å². The third-order valence-corrected chi connectivity index (χ3v) is 9.44. The van der Waals surface area contributed by atoms with Gasteiger partial charge in [-0.15, -0.1) is 0 Å². The monoisotopic (exact) mass is 636 g/mol. The molecular weight excluding hydrogens is 554 g/mol. The second kappa shape index (κ2) is 37.4. The van der Waals surface area contributed by atoms with Crippen molar-refractivity contribution in [1.82, 2.24) is 10.6 Å². The Morgan fingerprint density at radius 3 is 1.20 bits per heavy atom. The summed E-state index contributed by atoms with van der Waals surface area (Å²) in [6.07, 6.45) is 41.5. The zero-order valence-electron chi connectivity index (χ0n) is 30.7. The largest absolute Gasteiger partial charge is 0.354 e. The quantitative estimate of drug-likeness (QED) is 0.0594. The molecule has 0 radical (unpaired) electrons. The van der Waals surface area contributed by atoms with Crippen molar-refractivity contribution in [3.63, 3.8) is 0 Å². The first-order valence-electron chi connectivity index (χ1n) is 20.4. The molecule has 1 unspecified atom stereocenters. The number of nitrogens with one attached hydrogen (secondary N) is 2. The van der Waals surface area contributed by atoms with E-state index in [-0.39, 0.29) is 11.8 Å². The van der Waals surface area contributed by atoms with Gasteiger partial charge in [-0.05, 0) is 38.6 Å². The highest BCUT2D eigenvalue weighted by atomic mass is 16.2. The van der Waals surface area contributed by atoms with E-state index >= 15 is 0 Å². The second-order valence-electron chi connectivity index (χ2n) is 14.0. The van der Waals surface area contributed by atoms with Crippen LogP contribution in [-0.2, 0) is 9.59 Å². The van der Waals surface area contributed by atoms with Crippen molar-refractivity contribution in [1.29, 1.82) is 0 Å². The van der Waals surface area contributed by atoms with Crippen LogP contribution in [0, 0.1) is 0 Å². The van der Waals surface area contributed by atoms with Gasteiger partial charge in [-0.1, -0.05) is 187 Å². The molecule has 0 spiro atoms. The minimum Gasteiger partial charge on any atom is -0.354 e. The molecule has 0 aromatic carbocycles. The Hall–Kier alpha value is -1.10. The van der Waals surface area contributed by atoms with Gasteiger partial charge in [0.1, 0.15) is 6.04 Å². The molecule has 5 nitrogen and oxygen atoms in total. The van der Waals surface area contributed by atoms with Crippen molar-refractivity contribution >= 4 is 11.8 Å². The molecule has 0 saturated carbocycles. The van der Waals surface area contributed by atoms with Crippen molar-refractivity contribution in [2.45, 2.75) is 232 Å². The lowest BCUT2D eigenvalue weighted by molar-refractivity contribution is -0.129. The average molecular weight is 636 g/mol. The number of carbonyl (C=O) groups is 2. The Balaban J connectivity index is 3.74. The molecule has 0 aliphatic carbocycles. The summed E-state index contributed by atoms with van der Waals surface area (Å²) in [5.74, 6) is -0.00160. The Bertz CT molecular complexity index is 612.